The van der Waals surface area contributed by atoms with Crippen molar-refractivity contribution < 1.29 is 14.2 Å². The van der Waals surface area contributed by atoms with E-state index in [4.69, 9.17) is 19.9 Å². The molecule has 136 valence electrons. The number of benzene rings is 1. The molecule has 0 spiro atoms. The van der Waals surface area contributed by atoms with Gasteiger partial charge < -0.3 is 19.9 Å². The molecular weight excluding hydrogens is 447 g/mol. The highest BCUT2D eigenvalue weighted by Crippen LogP contribution is 2.45. The van der Waals surface area contributed by atoms with Gasteiger partial charge in [-0.15, -0.1) is 5.10 Å². The molecule has 0 fully saturated rings. The second-order valence-electron chi connectivity index (χ2n) is 5.69. The number of nitriles is 1. The van der Waals surface area contributed by atoms with Crippen LogP contribution in [0.2, 0.25) is 0 Å². The van der Waals surface area contributed by atoms with Crippen LogP contribution >= 0.6 is 22.6 Å². The van der Waals surface area contributed by atoms with E-state index < -0.39 is 0 Å². The third-order valence-electron chi connectivity index (χ3n) is 4.08. The molecule has 1 aliphatic rings. The van der Waals surface area contributed by atoms with E-state index in [0.29, 0.717) is 36.2 Å². The van der Waals surface area contributed by atoms with Crippen molar-refractivity contribution >= 4 is 22.6 Å². The minimum atomic E-state index is -0.383. The number of ether oxygens (including phenoxy) is 3. The number of aromatic amines is 1. The Morgan fingerprint density at radius 2 is 2.08 bits per heavy atom. The average molecular weight is 466 g/mol. The van der Waals surface area contributed by atoms with Crippen LogP contribution in [0.4, 0.5) is 0 Å². The molecular formula is C18H19IN4O3. The van der Waals surface area contributed by atoms with Gasteiger partial charge in [0.25, 0.3) is 0 Å². The number of allylic oxidation sites excluding steroid dienone is 1. The summed E-state index contributed by atoms with van der Waals surface area (Å²) in [5, 5.41) is 16.7. The third kappa shape index (κ3) is 3.07. The van der Waals surface area contributed by atoms with Gasteiger partial charge in [0, 0.05) is 11.3 Å². The number of rotatable bonds is 5. The number of aryl methyl sites for hydroxylation is 1. The lowest BCUT2D eigenvalue weighted by Gasteiger charge is -2.25. The summed E-state index contributed by atoms with van der Waals surface area (Å²) in [6.45, 7) is 6.78. The van der Waals surface area contributed by atoms with E-state index in [-0.39, 0.29) is 11.8 Å². The number of nitrogens with one attached hydrogen (secondary N) is 1. The van der Waals surface area contributed by atoms with Gasteiger partial charge in [-0.25, -0.2) is 0 Å². The van der Waals surface area contributed by atoms with Crippen molar-refractivity contribution in [2.24, 2.45) is 5.73 Å². The van der Waals surface area contributed by atoms with E-state index in [1.165, 1.54) is 0 Å². The molecule has 1 aromatic heterocycles. The summed E-state index contributed by atoms with van der Waals surface area (Å²) in [6, 6.07) is 6.06. The smallest absolute Gasteiger partial charge is 0.244 e. The maximum absolute atomic E-state index is 9.67. The summed E-state index contributed by atoms with van der Waals surface area (Å²) < 4.78 is 17.9. The summed E-state index contributed by atoms with van der Waals surface area (Å²) in [4.78, 5) is 0. The number of nitrogens with zero attached hydrogens (tertiary/aromatic N) is 2. The molecule has 0 radical (unpaired) electrons. The van der Waals surface area contributed by atoms with Crippen LogP contribution in [-0.4, -0.2) is 23.4 Å². The van der Waals surface area contributed by atoms with Crippen LogP contribution in [0, 0.1) is 21.8 Å². The first-order chi connectivity index (χ1) is 12.5. The standard InChI is InChI=1S/C18H19IN4O3/c1-4-24-13-7-10(6-12(19)16(13)25-5-2)15-11(8-20)17(21)26-18-14(15)9(3)22-23-18/h6-7,15H,4-5,21H2,1-3H3,(H,22,23)/t15-/m0/s1. The molecule has 0 amide bonds. The number of aromatic nitrogens is 2. The van der Waals surface area contributed by atoms with Crippen molar-refractivity contribution in [2.45, 2.75) is 26.7 Å². The van der Waals surface area contributed by atoms with Crippen molar-refractivity contribution in [1.82, 2.24) is 10.2 Å². The van der Waals surface area contributed by atoms with E-state index in [1.54, 1.807) is 0 Å². The first-order valence-corrected chi connectivity index (χ1v) is 9.31. The van der Waals surface area contributed by atoms with Crippen molar-refractivity contribution in [3.8, 4) is 23.4 Å². The van der Waals surface area contributed by atoms with Crippen LogP contribution in [0.1, 0.15) is 36.6 Å². The van der Waals surface area contributed by atoms with Crippen LogP contribution in [0.15, 0.2) is 23.6 Å². The quantitative estimate of drug-likeness (QED) is 0.655. The van der Waals surface area contributed by atoms with Crippen molar-refractivity contribution in [2.75, 3.05) is 13.2 Å². The predicted molar refractivity (Wildman–Crippen MR) is 104 cm³/mol. The SMILES string of the molecule is CCOc1cc([C@H]2C(C#N)=C(N)Oc3n[nH]c(C)c32)cc(I)c1OCC. The first-order valence-electron chi connectivity index (χ1n) is 8.23. The molecule has 8 heteroatoms. The molecule has 1 atom stereocenters. The van der Waals surface area contributed by atoms with Gasteiger partial charge in [-0.05, 0) is 61.1 Å². The Kier molecular flexibility index (Phi) is 5.27. The Hall–Kier alpha value is -2.41. The van der Waals surface area contributed by atoms with E-state index in [0.717, 1.165) is 20.4 Å². The number of H-pyrrole nitrogens is 1. The maximum Gasteiger partial charge on any atom is 0.244 e. The molecule has 7 nitrogen and oxygen atoms in total. The third-order valence-corrected chi connectivity index (χ3v) is 4.88. The number of hydrogen-bond donors (Lipinski definition) is 2. The van der Waals surface area contributed by atoms with Crippen LogP contribution in [0.5, 0.6) is 17.4 Å². The lowest BCUT2D eigenvalue weighted by Crippen LogP contribution is -2.21. The van der Waals surface area contributed by atoms with E-state index in [1.807, 2.05) is 32.9 Å². The fraction of sp³-hybridized carbons (Fsp3) is 0.333. The molecule has 0 aliphatic carbocycles. The van der Waals surface area contributed by atoms with Gasteiger partial charge in [-0.1, -0.05) is 0 Å². The Balaban J connectivity index is 2.21. The largest absolute Gasteiger partial charge is 0.490 e. The van der Waals surface area contributed by atoms with Crippen LogP contribution < -0.4 is 19.9 Å². The minimum absolute atomic E-state index is 0.0679. The summed E-state index contributed by atoms with van der Waals surface area (Å²) >= 11 is 2.21. The molecule has 0 bridgehead atoms. The summed E-state index contributed by atoms with van der Waals surface area (Å²) in [7, 11) is 0. The minimum Gasteiger partial charge on any atom is -0.490 e. The first kappa shape index (κ1) is 18.4. The topological polar surface area (TPSA) is 106 Å². The fourth-order valence-corrected chi connectivity index (χ4v) is 3.82. The number of halogens is 1. The second-order valence-corrected chi connectivity index (χ2v) is 6.85. The lowest BCUT2D eigenvalue weighted by atomic mass is 9.84. The van der Waals surface area contributed by atoms with E-state index in [2.05, 4.69) is 38.9 Å². The molecule has 0 unspecified atom stereocenters. The monoisotopic (exact) mass is 466 g/mol. The van der Waals surface area contributed by atoms with Gasteiger partial charge >= 0.3 is 0 Å². The Labute approximate surface area is 165 Å². The average Bonchev–Trinajstić information content (AvgIpc) is 2.97. The number of nitrogens with two attached hydrogens (primary N) is 1. The predicted octanol–water partition coefficient (Wildman–Crippen LogP) is 3.34. The van der Waals surface area contributed by atoms with E-state index >= 15 is 0 Å². The Morgan fingerprint density at radius 1 is 1.35 bits per heavy atom. The molecule has 3 rings (SSSR count). The Morgan fingerprint density at radius 3 is 2.73 bits per heavy atom. The van der Waals surface area contributed by atoms with Gasteiger partial charge in [-0.3, -0.25) is 5.10 Å². The number of fused-ring (bicyclic) bond motifs is 1. The van der Waals surface area contributed by atoms with Gasteiger partial charge in [-0.2, -0.15) is 5.26 Å². The van der Waals surface area contributed by atoms with E-state index in [9.17, 15) is 5.26 Å². The molecule has 1 aliphatic heterocycles. The van der Waals surface area contributed by atoms with Gasteiger partial charge in [0.1, 0.15) is 11.6 Å². The van der Waals surface area contributed by atoms with Crippen molar-refractivity contribution in [3.05, 3.63) is 44.0 Å². The van der Waals surface area contributed by atoms with Crippen LogP contribution in [0.25, 0.3) is 0 Å². The highest BCUT2D eigenvalue weighted by atomic mass is 127. The number of hydrogen-bond acceptors (Lipinski definition) is 6. The highest BCUT2D eigenvalue weighted by molar-refractivity contribution is 14.1. The van der Waals surface area contributed by atoms with Crippen molar-refractivity contribution in [1.29, 1.82) is 5.26 Å². The fourth-order valence-electron chi connectivity index (χ4n) is 3.03. The molecule has 3 N–H and O–H groups in total. The van der Waals surface area contributed by atoms with Crippen LogP contribution in [0.3, 0.4) is 0 Å². The van der Waals surface area contributed by atoms with Gasteiger partial charge in [0.15, 0.2) is 11.5 Å². The molecule has 2 heterocycles. The maximum atomic E-state index is 9.67. The zero-order valence-electron chi connectivity index (χ0n) is 14.7. The zero-order valence-corrected chi connectivity index (χ0v) is 16.9. The molecule has 26 heavy (non-hydrogen) atoms. The molecule has 2 aromatic rings. The zero-order chi connectivity index (χ0) is 18.8. The normalized spacial score (nSPS) is 15.9. The molecule has 1 aromatic carbocycles. The summed E-state index contributed by atoms with van der Waals surface area (Å²) in [6.07, 6.45) is 0. The lowest BCUT2D eigenvalue weighted by molar-refractivity contribution is 0.285. The molecule has 0 saturated heterocycles. The van der Waals surface area contributed by atoms with Crippen LogP contribution in [-0.2, 0) is 0 Å². The Bertz CT molecular complexity index is 914. The van der Waals surface area contributed by atoms with Gasteiger partial charge in [0.2, 0.25) is 11.8 Å². The summed E-state index contributed by atoms with van der Waals surface area (Å²) in [5.41, 5.74) is 8.83. The highest BCUT2D eigenvalue weighted by Gasteiger charge is 2.35. The van der Waals surface area contributed by atoms with Crippen molar-refractivity contribution in [3.63, 3.8) is 0 Å². The second kappa shape index (κ2) is 7.45. The molecule has 0 saturated carbocycles. The summed E-state index contributed by atoms with van der Waals surface area (Å²) in [5.74, 6) is 1.42. The van der Waals surface area contributed by atoms with Gasteiger partial charge in [0.05, 0.1) is 22.7 Å².